The van der Waals surface area contributed by atoms with E-state index in [2.05, 4.69) is 0 Å². The van der Waals surface area contributed by atoms with Crippen LogP contribution in [0.5, 0.6) is 5.75 Å². The number of hydrogen-bond donors (Lipinski definition) is 0. The molecule has 18 heavy (non-hydrogen) atoms. The van der Waals surface area contributed by atoms with Gasteiger partial charge in [0.1, 0.15) is 5.75 Å². The Hall–Kier alpha value is -1.11. The molecule has 5 nitrogen and oxygen atoms in total. The summed E-state index contributed by atoms with van der Waals surface area (Å²) in [6.07, 6.45) is 0.669. The van der Waals surface area contributed by atoms with Gasteiger partial charge in [0.05, 0.1) is 12.0 Å². The van der Waals surface area contributed by atoms with E-state index in [1.165, 1.54) is 4.31 Å². The molecule has 0 atom stereocenters. The molecule has 1 rings (SSSR count). The summed E-state index contributed by atoms with van der Waals surface area (Å²) in [7, 11) is 1.28. The second-order valence-corrected chi connectivity index (χ2v) is 5.89. The van der Waals surface area contributed by atoms with Crippen LogP contribution < -0.4 is 4.74 Å². The molecule has 0 heterocycles. The molecule has 0 bridgehead atoms. The van der Waals surface area contributed by atoms with E-state index in [0.717, 1.165) is 0 Å². The third-order valence-corrected chi connectivity index (χ3v) is 4.46. The summed E-state index contributed by atoms with van der Waals surface area (Å²) in [5.41, 5.74) is 0. The lowest BCUT2D eigenvalue weighted by Gasteiger charge is -2.17. The summed E-state index contributed by atoms with van der Waals surface area (Å²) in [6.45, 7) is 0.977. The fraction of sp³-hybridized carbons (Fsp3) is 0.500. The van der Waals surface area contributed by atoms with Gasteiger partial charge in [-0.1, -0.05) is 0 Å². The van der Waals surface area contributed by atoms with Gasteiger partial charge in [0.2, 0.25) is 10.0 Å². The standard InChI is InChI=1S/C12H19NO4S/c1-13(9-4-10-16-2)18(14,15)12-7-5-11(17-3)6-8-12/h5-8H,4,9-10H2,1-3H3. The van der Waals surface area contributed by atoms with E-state index in [9.17, 15) is 8.42 Å². The topological polar surface area (TPSA) is 55.8 Å². The number of methoxy groups -OCH3 is 2. The van der Waals surface area contributed by atoms with Crippen molar-refractivity contribution < 1.29 is 17.9 Å². The molecule has 0 unspecified atom stereocenters. The number of ether oxygens (including phenoxy) is 2. The summed E-state index contributed by atoms with van der Waals surface area (Å²) in [4.78, 5) is 0.267. The van der Waals surface area contributed by atoms with Crippen LogP contribution >= 0.6 is 0 Å². The summed E-state index contributed by atoms with van der Waals surface area (Å²) >= 11 is 0. The van der Waals surface area contributed by atoms with Crippen molar-refractivity contribution in [2.75, 3.05) is 34.4 Å². The van der Waals surface area contributed by atoms with Gasteiger partial charge < -0.3 is 9.47 Å². The smallest absolute Gasteiger partial charge is 0.242 e. The zero-order valence-corrected chi connectivity index (χ0v) is 11.7. The first-order valence-corrected chi connectivity index (χ1v) is 7.05. The number of hydrogen-bond acceptors (Lipinski definition) is 4. The van der Waals surface area contributed by atoms with Crippen LogP contribution in [0.4, 0.5) is 0 Å². The molecule has 6 heteroatoms. The Labute approximate surface area is 108 Å². The minimum atomic E-state index is -3.42. The van der Waals surface area contributed by atoms with Gasteiger partial charge in [-0.2, -0.15) is 0 Å². The minimum absolute atomic E-state index is 0.267. The molecule has 1 aromatic carbocycles. The Morgan fingerprint density at radius 2 is 1.78 bits per heavy atom. The molecule has 0 aliphatic heterocycles. The maximum Gasteiger partial charge on any atom is 0.242 e. The van der Waals surface area contributed by atoms with Crippen LogP contribution in [0.15, 0.2) is 29.2 Å². The van der Waals surface area contributed by atoms with Crippen molar-refractivity contribution in [3.63, 3.8) is 0 Å². The molecule has 0 N–H and O–H groups in total. The van der Waals surface area contributed by atoms with E-state index in [4.69, 9.17) is 9.47 Å². The van der Waals surface area contributed by atoms with E-state index in [0.29, 0.717) is 25.3 Å². The van der Waals surface area contributed by atoms with Gasteiger partial charge in [0.15, 0.2) is 0 Å². The predicted molar refractivity (Wildman–Crippen MR) is 69.3 cm³/mol. The van der Waals surface area contributed by atoms with Crippen molar-refractivity contribution >= 4 is 10.0 Å². The fourth-order valence-electron chi connectivity index (χ4n) is 1.48. The lowest BCUT2D eigenvalue weighted by Crippen LogP contribution is -2.28. The monoisotopic (exact) mass is 273 g/mol. The van der Waals surface area contributed by atoms with Crippen LogP contribution in [0.2, 0.25) is 0 Å². The van der Waals surface area contributed by atoms with Crippen molar-refractivity contribution in [3.8, 4) is 5.75 Å². The average molecular weight is 273 g/mol. The Morgan fingerprint density at radius 3 is 2.28 bits per heavy atom. The van der Waals surface area contributed by atoms with Crippen LogP contribution in [0.25, 0.3) is 0 Å². The van der Waals surface area contributed by atoms with Gasteiger partial charge in [-0.05, 0) is 30.7 Å². The van der Waals surface area contributed by atoms with Crippen molar-refractivity contribution in [2.24, 2.45) is 0 Å². The van der Waals surface area contributed by atoms with Crippen LogP contribution in [-0.4, -0.2) is 47.1 Å². The van der Waals surface area contributed by atoms with Crippen molar-refractivity contribution in [2.45, 2.75) is 11.3 Å². The summed E-state index contributed by atoms with van der Waals surface area (Å²) < 4.78 is 35.6. The van der Waals surface area contributed by atoms with Gasteiger partial charge >= 0.3 is 0 Å². The number of nitrogens with zero attached hydrogens (tertiary/aromatic N) is 1. The highest BCUT2D eigenvalue weighted by Gasteiger charge is 2.19. The zero-order valence-electron chi connectivity index (χ0n) is 10.9. The molecule has 0 saturated heterocycles. The number of rotatable bonds is 7. The Morgan fingerprint density at radius 1 is 1.17 bits per heavy atom. The molecule has 0 radical (unpaired) electrons. The van der Waals surface area contributed by atoms with Crippen molar-refractivity contribution in [1.29, 1.82) is 0 Å². The molecular formula is C12H19NO4S. The molecule has 0 fully saturated rings. The fourth-order valence-corrected chi connectivity index (χ4v) is 2.69. The Kier molecular flexibility index (Phi) is 5.58. The van der Waals surface area contributed by atoms with Crippen LogP contribution in [0.3, 0.4) is 0 Å². The first-order valence-electron chi connectivity index (χ1n) is 5.61. The van der Waals surface area contributed by atoms with Crippen LogP contribution in [-0.2, 0) is 14.8 Å². The summed E-state index contributed by atoms with van der Waals surface area (Å²) in [5, 5.41) is 0. The molecule has 1 aromatic rings. The molecule has 102 valence electrons. The van der Waals surface area contributed by atoms with Gasteiger partial charge in [0, 0.05) is 27.3 Å². The SMILES string of the molecule is COCCCN(C)S(=O)(=O)c1ccc(OC)cc1. The van der Waals surface area contributed by atoms with Crippen LogP contribution in [0, 0.1) is 0 Å². The third kappa shape index (κ3) is 3.69. The molecule has 0 aliphatic rings. The highest BCUT2D eigenvalue weighted by atomic mass is 32.2. The number of sulfonamides is 1. The number of benzene rings is 1. The van der Waals surface area contributed by atoms with E-state index in [1.54, 1.807) is 45.5 Å². The molecule has 0 amide bonds. The zero-order chi connectivity index (χ0) is 13.6. The van der Waals surface area contributed by atoms with Crippen LogP contribution in [0.1, 0.15) is 6.42 Å². The van der Waals surface area contributed by atoms with E-state index < -0.39 is 10.0 Å². The first kappa shape index (κ1) is 14.9. The van der Waals surface area contributed by atoms with Gasteiger partial charge in [-0.15, -0.1) is 0 Å². The normalized spacial score (nSPS) is 11.8. The average Bonchev–Trinajstić information content (AvgIpc) is 2.39. The first-order chi connectivity index (χ1) is 8.52. The van der Waals surface area contributed by atoms with E-state index in [1.807, 2.05) is 0 Å². The van der Waals surface area contributed by atoms with E-state index in [-0.39, 0.29) is 4.90 Å². The second kappa shape index (κ2) is 6.72. The minimum Gasteiger partial charge on any atom is -0.497 e. The maximum atomic E-state index is 12.2. The summed E-state index contributed by atoms with van der Waals surface area (Å²) in [5.74, 6) is 0.635. The van der Waals surface area contributed by atoms with Gasteiger partial charge in [-0.25, -0.2) is 12.7 Å². The van der Waals surface area contributed by atoms with Crippen molar-refractivity contribution in [3.05, 3.63) is 24.3 Å². The lowest BCUT2D eigenvalue weighted by atomic mass is 10.3. The lowest BCUT2D eigenvalue weighted by molar-refractivity contribution is 0.189. The molecule has 0 spiro atoms. The second-order valence-electron chi connectivity index (χ2n) is 3.85. The Bertz CT molecular complexity index is 455. The quantitative estimate of drug-likeness (QED) is 0.704. The highest BCUT2D eigenvalue weighted by Crippen LogP contribution is 2.18. The van der Waals surface area contributed by atoms with E-state index >= 15 is 0 Å². The molecular weight excluding hydrogens is 254 g/mol. The Balaban J connectivity index is 2.77. The van der Waals surface area contributed by atoms with Gasteiger partial charge in [-0.3, -0.25) is 0 Å². The molecule has 0 aliphatic carbocycles. The van der Waals surface area contributed by atoms with Crippen molar-refractivity contribution in [1.82, 2.24) is 4.31 Å². The van der Waals surface area contributed by atoms with Gasteiger partial charge in [0.25, 0.3) is 0 Å². The largest absolute Gasteiger partial charge is 0.497 e. The predicted octanol–water partition coefficient (Wildman–Crippen LogP) is 1.35. The highest BCUT2D eigenvalue weighted by molar-refractivity contribution is 7.89. The summed E-state index contributed by atoms with van der Waals surface area (Å²) in [6, 6.07) is 6.35. The maximum absolute atomic E-state index is 12.2. The third-order valence-electron chi connectivity index (χ3n) is 2.59. The molecule has 0 saturated carbocycles. The molecule has 0 aromatic heterocycles.